The molecule has 154 valence electrons. The largest absolute Gasteiger partial charge is 0.419 e. The zero-order valence-electron chi connectivity index (χ0n) is 16.3. The minimum absolute atomic E-state index is 0.0605. The molecule has 0 saturated carbocycles. The first-order valence-electron chi connectivity index (χ1n) is 9.49. The van der Waals surface area contributed by atoms with Crippen molar-refractivity contribution in [1.82, 2.24) is 14.9 Å². The van der Waals surface area contributed by atoms with E-state index in [0.717, 1.165) is 12.4 Å². The van der Waals surface area contributed by atoms with E-state index < -0.39 is 17.8 Å². The number of nitrogens with zero attached hydrogens (tertiary/aromatic N) is 4. The van der Waals surface area contributed by atoms with E-state index in [0.29, 0.717) is 38.9 Å². The lowest BCUT2D eigenvalue weighted by atomic mass is 10.0. The van der Waals surface area contributed by atoms with Gasteiger partial charge in [0.1, 0.15) is 6.10 Å². The number of hydrogen-bond donors (Lipinski definition) is 1. The van der Waals surface area contributed by atoms with E-state index in [1.807, 2.05) is 32.6 Å². The third kappa shape index (κ3) is 5.79. The maximum absolute atomic E-state index is 12.5. The first kappa shape index (κ1) is 23.1. The zero-order chi connectivity index (χ0) is 20.6. The molecule has 27 heavy (non-hydrogen) atoms. The Morgan fingerprint density at radius 1 is 1.00 bits per heavy atom. The summed E-state index contributed by atoms with van der Waals surface area (Å²) in [6, 6.07) is 0.0605. The standard InChI is InChI=1S/C14H17F3N4O2.2C2H6/c15-14(16,17)9-7-18-13(19-8-9)20-4-1-10(2-5-20)21-6-3-11(22)12(21)23;2*1-2/h7-8,10-11,22H,1-6H2;2*1-2H3. The highest BCUT2D eigenvalue weighted by Gasteiger charge is 2.36. The van der Waals surface area contributed by atoms with Gasteiger partial charge in [-0.2, -0.15) is 13.2 Å². The first-order valence-corrected chi connectivity index (χ1v) is 9.49. The Morgan fingerprint density at radius 2 is 1.52 bits per heavy atom. The first-order chi connectivity index (χ1) is 12.9. The molecule has 1 N–H and O–H groups in total. The van der Waals surface area contributed by atoms with Crippen molar-refractivity contribution in [3.8, 4) is 0 Å². The highest BCUT2D eigenvalue weighted by atomic mass is 19.4. The number of anilines is 1. The topological polar surface area (TPSA) is 69.6 Å². The molecule has 3 heterocycles. The number of halogens is 3. The summed E-state index contributed by atoms with van der Waals surface area (Å²) < 4.78 is 37.5. The predicted molar refractivity (Wildman–Crippen MR) is 97.3 cm³/mol. The Bertz CT molecular complexity index is 573. The lowest BCUT2D eigenvalue weighted by Crippen LogP contribution is -2.46. The molecule has 2 saturated heterocycles. The van der Waals surface area contributed by atoms with E-state index in [4.69, 9.17) is 0 Å². The third-order valence-electron chi connectivity index (χ3n) is 4.37. The molecule has 3 rings (SSSR count). The molecule has 0 radical (unpaired) electrons. The number of aromatic nitrogens is 2. The van der Waals surface area contributed by atoms with E-state index in [1.54, 1.807) is 4.90 Å². The quantitative estimate of drug-likeness (QED) is 0.840. The van der Waals surface area contributed by atoms with Gasteiger partial charge in [0.05, 0.1) is 5.56 Å². The summed E-state index contributed by atoms with van der Waals surface area (Å²) in [6.45, 7) is 9.69. The van der Waals surface area contributed by atoms with Crippen molar-refractivity contribution in [2.45, 2.75) is 65.3 Å². The van der Waals surface area contributed by atoms with Gasteiger partial charge >= 0.3 is 6.18 Å². The molecule has 0 spiro atoms. The fraction of sp³-hybridized carbons (Fsp3) is 0.722. The van der Waals surface area contributed by atoms with Gasteiger partial charge in [0, 0.05) is 38.1 Å². The van der Waals surface area contributed by atoms with Crippen LogP contribution in [0.25, 0.3) is 0 Å². The summed E-state index contributed by atoms with van der Waals surface area (Å²) in [4.78, 5) is 22.9. The Hall–Kier alpha value is -1.90. The van der Waals surface area contributed by atoms with Crippen molar-refractivity contribution in [1.29, 1.82) is 0 Å². The van der Waals surface area contributed by atoms with Crippen LogP contribution < -0.4 is 4.90 Å². The highest BCUT2D eigenvalue weighted by Crippen LogP contribution is 2.29. The van der Waals surface area contributed by atoms with Crippen molar-refractivity contribution in [2.75, 3.05) is 24.5 Å². The molecule has 2 fully saturated rings. The van der Waals surface area contributed by atoms with Gasteiger partial charge in [0.25, 0.3) is 5.91 Å². The second-order valence-electron chi connectivity index (χ2n) is 5.82. The van der Waals surface area contributed by atoms with Crippen LogP contribution in [0.1, 0.15) is 52.5 Å². The number of alkyl halides is 3. The van der Waals surface area contributed by atoms with Gasteiger partial charge in [0.15, 0.2) is 0 Å². The van der Waals surface area contributed by atoms with Crippen molar-refractivity contribution in [3.63, 3.8) is 0 Å². The van der Waals surface area contributed by atoms with Crippen LogP contribution >= 0.6 is 0 Å². The molecule has 1 aromatic rings. The van der Waals surface area contributed by atoms with Crippen LogP contribution in [0.5, 0.6) is 0 Å². The number of likely N-dealkylation sites (tertiary alicyclic amines) is 1. The number of aliphatic hydroxyl groups is 1. The number of aliphatic hydroxyl groups excluding tert-OH is 1. The predicted octanol–water partition coefficient (Wildman–Crippen LogP) is 3.11. The normalized spacial score (nSPS) is 20.6. The van der Waals surface area contributed by atoms with E-state index in [9.17, 15) is 23.1 Å². The smallest absolute Gasteiger partial charge is 0.383 e. The monoisotopic (exact) mass is 390 g/mol. The minimum atomic E-state index is -4.44. The Kier molecular flexibility index (Phi) is 8.95. The zero-order valence-corrected chi connectivity index (χ0v) is 16.3. The summed E-state index contributed by atoms with van der Waals surface area (Å²) >= 11 is 0. The molecule has 1 amide bonds. The van der Waals surface area contributed by atoms with E-state index in [2.05, 4.69) is 9.97 Å². The van der Waals surface area contributed by atoms with Gasteiger partial charge in [0.2, 0.25) is 5.95 Å². The molecule has 0 aliphatic carbocycles. The van der Waals surface area contributed by atoms with Crippen LogP contribution in [-0.4, -0.2) is 57.7 Å². The minimum Gasteiger partial charge on any atom is -0.383 e. The fourth-order valence-electron chi connectivity index (χ4n) is 3.06. The van der Waals surface area contributed by atoms with Crippen molar-refractivity contribution >= 4 is 11.9 Å². The van der Waals surface area contributed by atoms with Gasteiger partial charge in [-0.3, -0.25) is 4.79 Å². The van der Waals surface area contributed by atoms with Crippen LogP contribution in [0, 0.1) is 0 Å². The molecule has 9 heteroatoms. The van der Waals surface area contributed by atoms with Crippen molar-refractivity contribution in [3.05, 3.63) is 18.0 Å². The summed E-state index contributed by atoms with van der Waals surface area (Å²) in [5.41, 5.74) is -0.868. The molecule has 1 unspecified atom stereocenters. The third-order valence-corrected chi connectivity index (χ3v) is 4.37. The second kappa shape index (κ2) is 10.4. The number of hydrogen-bond acceptors (Lipinski definition) is 5. The van der Waals surface area contributed by atoms with E-state index in [1.165, 1.54) is 0 Å². The fourth-order valence-corrected chi connectivity index (χ4v) is 3.06. The van der Waals surface area contributed by atoms with E-state index >= 15 is 0 Å². The van der Waals surface area contributed by atoms with Crippen LogP contribution in [0.2, 0.25) is 0 Å². The molecule has 6 nitrogen and oxygen atoms in total. The average molecular weight is 390 g/mol. The molecule has 2 aliphatic rings. The maximum atomic E-state index is 12.5. The van der Waals surface area contributed by atoms with Gasteiger partial charge < -0.3 is 14.9 Å². The van der Waals surface area contributed by atoms with Crippen LogP contribution in [-0.2, 0) is 11.0 Å². The van der Waals surface area contributed by atoms with Crippen molar-refractivity contribution < 1.29 is 23.1 Å². The van der Waals surface area contributed by atoms with Gasteiger partial charge in [-0.15, -0.1) is 0 Å². The van der Waals surface area contributed by atoms with Crippen molar-refractivity contribution in [2.24, 2.45) is 0 Å². The Labute approximate surface area is 158 Å². The number of amides is 1. The maximum Gasteiger partial charge on any atom is 0.419 e. The highest BCUT2D eigenvalue weighted by molar-refractivity contribution is 5.83. The second-order valence-corrected chi connectivity index (χ2v) is 5.82. The SMILES string of the molecule is CC.CC.O=C1C(O)CCN1C1CCN(c2ncc(C(F)(F)F)cn2)CC1. The van der Waals surface area contributed by atoms with Crippen LogP contribution in [0.4, 0.5) is 19.1 Å². The van der Waals surface area contributed by atoms with Crippen LogP contribution in [0.15, 0.2) is 12.4 Å². The van der Waals surface area contributed by atoms with Gasteiger partial charge in [-0.25, -0.2) is 9.97 Å². The summed E-state index contributed by atoms with van der Waals surface area (Å²) in [6.07, 6.45) is -1.94. The average Bonchev–Trinajstić information content (AvgIpc) is 3.03. The van der Waals surface area contributed by atoms with Gasteiger partial charge in [-0.1, -0.05) is 27.7 Å². The lowest BCUT2D eigenvalue weighted by molar-refractivity contribution is -0.138. The summed E-state index contributed by atoms with van der Waals surface area (Å²) in [5.74, 6) is 0.0402. The lowest BCUT2D eigenvalue weighted by Gasteiger charge is -2.36. The summed E-state index contributed by atoms with van der Waals surface area (Å²) in [5, 5.41) is 9.51. The molecule has 1 atom stereocenters. The van der Waals surface area contributed by atoms with E-state index in [-0.39, 0.29) is 17.9 Å². The Balaban J connectivity index is 0.000000855. The molecular weight excluding hydrogens is 361 g/mol. The molecule has 0 aromatic carbocycles. The number of rotatable bonds is 2. The summed E-state index contributed by atoms with van der Waals surface area (Å²) in [7, 11) is 0. The van der Waals surface area contributed by atoms with Gasteiger partial charge in [-0.05, 0) is 19.3 Å². The molecular formula is C18H29F3N4O2. The number of carbonyl (C=O) groups excluding carboxylic acids is 1. The Morgan fingerprint density at radius 3 is 1.93 bits per heavy atom. The number of piperidine rings is 1. The number of carbonyl (C=O) groups is 1. The molecule has 1 aromatic heterocycles. The molecule has 0 bridgehead atoms. The van der Waals surface area contributed by atoms with Crippen LogP contribution in [0.3, 0.4) is 0 Å². The molecule has 2 aliphatic heterocycles.